The van der Waals surface area contributed by atoms with Gasteiger partial charge in [0.1, 0.15) is 0 Å². The molecular formula is C21H22N6OS. The van der Waals surface area contributed by atoms with Crippen molar-refractivity contribution >= 4 is 34.4 Å². The van der Waals surface area contributed by atoms with Crippen molar-refractivity contribution in [3.8, 4) is 0 Å². The normalized spacial score (nSPS) is 11.1. The average molecular weight is 407 g/mol. The number of hydrogen-bond acceptors (Lipinski definition) is 5. The third kappa shape index (κ3) is 4.02. The minimum atomic E-state index is -0.0612. The molecule has 0 unspecified atom stereocenters. The third-order valence-corrected chi connectivity index (χ3v) is 6.00. The molecule has 0 aliphatic rings. The number of fused-ring (bicyclic) bond motifs is 1. The van der Waals surface area contributed by atoms with E-state index in [1.54, 1.807) is 0 Å². The lowest BCUT2D eigenvalue weighted by Crippen LogP contribution is -2.15. The quantitative estimate of drug-likeness (QED) is 0.496. The maximum Gasteiger partial charge on any atom is 0.234 e. The maximum atomic E-state index is 12.4. The maximum absolute atomic E-state index is 12.4. The van der Waals surface area contributed by atoms with Crippen LogP contribution in [0.3, 0.4) is 0 Å². The lowest BCUT2D eigenvalue weighted by Gasteiger charge is -2.10. The summed E-state index contributed by atoms with van der Waals surface area (Å²) < 4.78 is 3.96. The lowest BCUT2D eigenvalue weighted by molar-refractivity contribution is -0.113. The van der Waals surface area contributed by atoms with Crippen molar-refractivity contribution in [2.45, 2.75) is 25.5 Å². The minimum absolute atomic E-state index is 0.0612. The van der Waals surface area contributed by atoms with Crippen LogP contribution in [0.1, 0.15) is 17.0 Å². The molecule has 8 heteroatoms. The number of benzene rings is 2. The molecular weight excluding hydrogens is 384 g/mol. The van der Waals surface area contributed by atoms with E-state index in [9.17, 15) is 4.79 Å². The Hall–Kier alpha value is -3.13. The number of nitrogens with zero attached hydrogens (tertiary/aromatic N) is 5. The van der Waals surface area contributed by atoms with Crippen LogP contribution >= 0.6 is 11.8 Å². The summed E-state index contributed by atoms with van der Waals surface area (Å²) in [6.45, 7) is 4.61. The number of hydrogen-bond donors (Lipinski definition) is 1. The Morgan fingerprint density at radius 1 is 1.10 bits per heavy atom. The van der Waals surface area contributed by atoms with Crippen molar-refractivity contribution in [2.24, 2.45) is 7.05 Å². The summed E-state index contributed by atoms with van der Waals surface area (Å²) in [5.41, 5.74) is 5.09. The van der Waals surface area contributed by atoms with Gasteiger partial charge in [-0.1, -0.05) is 36.0 Å². The van der Waals surface area contributed by atoms with Crippen molar-refractivity contribution < 1.29 is 4.79 Å². The first-order valence-corrected chi connectivity index (χ1v) is 10.3. The third-order valence-electron chi connectivity index (χ3n) is 4.98. The Balaban J connectivity index is 1.41. The minimum Gasteiger partial charge on any atom is -0.325 e. The highest BCUT2D eigenvalue weighted by atomic mass is 32.2. The number of anilines is 1. The Morgan fingerprint density at radius 2 is 1.93 bits per heavy atom. The molecule has 0 bridgehead atoms. The number of aromatic nitrogens is 5. The summed E-state index contributed by atoms with van der Waals surface area (Å²) in [6, 6.07) is 13.9. The number of nitrogens with one attached hydrogen (secondary N) is 1. The first-order chi connectivity index (χ1) is 14.0. The van der Waals surface area contributed by atoms with E-state index >= 15 is 0 Å². The van der Waals surface area contributed by atoms with Gasteiger partial charge in [-0.15, -0.1) is 10.2 Å². The van der Waals surface area contributed by atoms with Gasteiger partial charge in [-0.25, -0.2) is 4.98 Å². The molecule has 2 aromatic heterocycles. The van der Waals surface area contributed by atoms with Crippen molar-refractivity contribution in [3.05, 3.63) is 65.7 Å². The van der Waals surface area contributed by atoms with E-state index < -0.39 is 0 Å². The molecule has 0 atom stereocenters. The summed E-state index contributed by atoms with van der Waals surface area (Å²) in [5, 5.41) is 12.2. The number of carbonyl (C=O) groups excluding carboxylic acids is 1. The largest absolute Gasteiger partial charge is 0.325 e. The summed E-state index contributed by atoms with van der Waals surface area (Å²) in [5.74, 6) is 1.02. The zero-order chi connectivity index (χ0) is 20.4. The Bertz CT molecular complexity index is 1180. The molecule has 7 nitrogen and oxygen atoms in total. The second kappa shape index (κ2) is 8.08. The van der Waals surface area contributed by atoms with Crippen LogP contribution in [0.5, 0.6) is 0 Å². The standard InChI is InChI=1S/C21H22N6OS/c1-14-7-6-9-16(15(14)2)23-20(28)12-29-21-25-24-19(26(21)3)11-27-13-22-17-8-4-5-10-18(17)27/h4-10,13H,11-12H2,1-3H3,(H,23,28). The smallest absolute Gasteiger partial charge is 0.234 e. The average Bonchev–Trinajstić information content (AvgIpc) is 3.28. The molecule has 0 aliphatic carbocycles. The molecule has 0 radical (unpaired) electrons. The van der Waals surface area contributed by atoms with E-state index in [0.29, 0.717) is 11.7 Å². The number of para-hydroxylation sites is 2. The first kappa shape index (κ1) is 19.2. The van der Waals surface area contributed by atoms with Crippen LogP contribution in [0.2, 0.25) is 0 Å². The van der Waals surface area contributed by atoms with Crippen LogP contribution < -0.4 is 5.32 Å². The Morgan fingerprint density at radius 3 is 2.79 bits per heavy atom. The van der Waals surface area contributed by atoms with Gasteiger partial charge in [0.2, 0.25) is 5.91 Å². The van der Waals surface area contributed by atoms with Gasteiger partial charge in [0.25, 0.3) is 0 Å². The molecule has 4 aromatic rings. The number of imidazole rings is 1. The van der Waals surface area contributed by atoms with Gasteiger partial charge >= 0.3 is 0 Å². The topological polar surface area (TPSA) is 77.6 Å². The zero-order valence-corrected chi connectivity index (χ0v) is 17.4. The van der Waals surface area contributed by atoms with Gasteiger partial charge in [0.05, 0.1) is 29.7 Å². The number of aryl methyl sites for hydroxylation is 1. The van der Waals surface area contributed by atoms with E-state index in [1.807, 2.05) is 78.8 Å². The predicted octanol–water partition coefficient (Wildman–Crippen LogP) is 3.56. The second-order valence-electron chi connectivity index (χ2n) is 6.90. The van der Waals surface area contributed by atoms with E-state index in [2.05, 4.69) is 20.5 Å². The van der Waals surface area contributed by atoms with E-state index in [1.165, 1.54) is 11.8 Å². The molecule has 1 amide bonds. The molecule has 0 fully saturated rings. The van der Waals surface area contributed by atoms with Gasteiger partial charge in [0.15, 0.2) is 11.0 Å². The van der Waals surface area contributed by atoms with Gasteiger partial charge < -0.3 is 14.5 Å². The van der Waals surface area contributed by atoms with Crippen LogP contribution in [0.15, 0.2) is 53.9 Å². The molecule has 2 heterocycles. The SMILES string of the molecule is Cc1cccc(NC(=O)CSc2nnc(Cn3cnc4ccccc43)n2C)c1C. The van der Waals surface area contributed by atoms with Crippen molar-refractivity contribution in [1.82, 2.24) is 24.3 Å². The van der Waals surface area contributed by atoms with Crippen molar-refractivity contribution in [2.75, 3.05) is 11.1 Å². The molecule has 0 saturated heterocycles. The number of thioether (sulfide) groups is 1. The molecule has 1 N–H and O–H groups in total. The molecule has 4 rings (SSSR count). The van der Waals surface area contributed by atoms with Gasteiger partial charge in [-0.2, -0.15) is 0 Å². The summed E-state index contributed by atoms with van der Waals surface area (Å²) in [7, 11) is 1.92. The van der Waals surface area contributed by atoms with Crippen LogP contribution in [-0.4, -0.2) is 36.0 Å². The van der Waals surface area contributed by atoms with Gasteiger partial charge in [-0.05, 0) is 43.2 Å². The molecule has 2 aromatic carbocycles. The highest BCUT2D eigenvalue weighted by Gasteiger charge is 2.13. The second-order valence-corrected chi connectivity index (χ2v) is 7.85. The highest BCUT2D eigenvalue weighted by molar-refractivity contribution is 7.99. The number of amides is 1. The van der Waals surface area contributed by atoms with Crippen LogP contribution in [0, 0.1) is 13.8 Å². The fourth-order valence-electron chi connectivity index (χ4n) is 3.10. The van der Waals surface area contributed by atoms with E-state index in [4.69, 9.17) is 0 Å². The zero-order valence-electron chi connectivity index (χ0n) is 16.6. The Labute approximate surface area is 173 Å². The molecule has 29 heavy (non-hydrogen) atoms. The number of rotatable bonds is 6. The van der Waals surface area contributed by atoms with Gasteiger partial charge in [0, 0.05) is 12.7 Å². The first-order valence-electron chi connectivity index (χ1n) is 9.30. The van der Waals surface area contributed by atoms with E-state index in [-0.39, 0.29) is 11.7 Å². The molecule has 0 saturated carbocycles. The Kier molecular flexibility index (Phi) is 5.35. The summed E-state index contributed by atoms with van der Waals surface area (Å²) in [6.07, 6.45) is 1.81. The monoisotopic (exact) mass is 406 g/mol. The lowest BCUT2D eigenvalue weighted by atomic mass is 10.1. The molecule has 0 aliphatic heterocycles. The number of carbonyl (C=O) groups is 1. The van der Waals surface area contributed by atoms with Gasteiger partial charge in [-0.3, -0.25) is 4.79 Å². The van der Waals surface area contributed by atoms with Crippen molar-refractivity contribution in [1.29, 1.82) is 0 Å². The fraction of sp³-hybridized carbons (Fsp3) is 0.238. The van der Waals surface area contributed by atoms with Crippen LogP contribution in [0.4, 0.5) is 5.69 Å². The van der Waals surface area contributed by atoms with Crippen molar-refractivity contribution in [3.63, 3.8) is 0 Å². The molecule has 0 spiro atoms. The van der Waals surface area contributed by atoms with E-state index in [0.717, 1.165) is 33.7 Å². The summed E-state index contributed by atoms with van der Waals surface area (Å²) in [4.78, 5) is 16.8. The molecule has 148 valence electrons. The van der Waals surface area contributed by atoms with Crippen LogP contribution in [0.25, 0.3) is 11.0 Å². The summed E-state index contributed by atoms with van der Waals surface area (Å²) >= 11 is 1.37. The highest BCUT2D eigenvalue weighted by Crippen LogP contribution is 2.21. The predicted molar refractivity (Wildman–Crippen MR) is 115 cm³/mol. The fourth-order valence-corrected chi connectivity index (χ4v) is 3.83. The van der Waals surface area contributed by atoms with Crippen LogP contribution in [-0.2, 0) is 18.4 Å².